The van der Waals surface area contributed by atoms with Crippen molar-refractivity contribution in [2.75, 3.05) is 13.7 Å². The van der Waals surface area contributed by atoms with E-state index in [-0.39, 0.29) is 17.9 Å². The third kappa shape index (κ3) is 2.45. The van der Waals surface area contributed by atoms with Gasteiger partial charge in [0, 0.05) is 23.4 Å². The van der Waals surface area contributed by atoms with Crippen LogP contribution in [0.15, 0.2) is 46.9 Å². The second kappa shape index (κ2) is 5.68. The number of rotatable bonds is 2. The van der Waals surface area contributed by atoms with Gasteiger partial charge in [0.25, 0.3) is 0 Å². The average Bonchev–Trinajstić information content (AvgIpc) is 2.95. The molecule has 1 saturated heterocycles. The van der Waals surface area contributed by atoms with E-state index in [0.717, 1.165) is 23.2 Å². The van der Waals surface area contributed by atoms with Crippen LogP contribution < -0.4 is 4.74 Å². The molecule has 2 atom stereocenters. The number of benzene rings is 2. The molecule has 3 nitrogen and oxygen atoms in total. The zero-order valence-corrected chi connectivity index (χ0v) is 14.5. The van der Waals surface area contributed by atoms with Gasteiger partial charge in [-0.2, -0.15) is 0 Å². The van der Waals surface area contributed by atoms with Gasteiger partial charge < -0.3 is 9.64 Å². The molecule has 0 bridgehead atoms. The lowest BCUT2D eigenvalue weighted by Gasteiger charge is -2.37. The SMILES string of the molecule is COc1ccc2c(c1)C(c1ccc(Br)cc1)CN1C(=O)CCC21. The second-order valence-corrected chi connectivity index (χ2v) is 7.12. The Kier molecular flexibility index (Phi) is 3.64. The molecule has 2 unspecified atom stereocenters. The average molecular weight is 372 g/mol. The summed E-state index contributed by atoms with van der Waals surface area (Å²) in [6.45, 7) is 0.755. The summed E-state index contributed by atoms with van der Waals surface area (Å²) < 4.78 is 6.50. The maximum absolute atomic E-state index is 12.3. The number of nitrogens with zero attached hydrogens (tertiary/aromatic N) is 1. The fourth-order valence-electron chi connectivity index (χ4n) is 3.85. The van der Waals surface area contributed by atoms with Gasteiger partial charge in [-0.05, 0) is 47.4 Å². The molecule has 2 heterocycles. The number of hydrogen-bond acceptors (Lipinski definition) is 2. The Balaban J connectivity index is 1.84. The number of carbonyl (C=O) groups is 1. The van der Waals surface area contributed by atoms with Gasteiger partial charge in [-0.1, -0.05) is 34.1 Å². The highest BCUT2D eigenvalue weighted by Crippen LogP contribution is 2.45. The molecule has 2 aromatic carbocycles. The Morgan fingerprint density at radius 2 is 1.91 bits per heavy atom. The monoisotopic (exact) mass is 371 g/mol. The van der Waals surface area contributed by atoms with E-state index in [0.29, 0.717) is 6.42 Å². The van der Waals surface area contributed by atoms with Crippen LogP contribution in [0.1, 0.15) is 41.5 Å². The summed E-state index contributed by atoms with van der Waals surface area (Å²) in [6.07, 6.45) is 1.58. The van der Waals surface area contributed by atoms with E-state index in [1.807, 2.05) is 6.07 Å². The second-order valence-electron chi connectivity index (χ2n) is 6.20. The van der Waals surface area contributed by atoms with Gasteiger partial charge >= 0.3 is 0 Å². The molecule has 0 saturated carbocycles. The third-order valence-electron chi connectivity index (χ3n) is 5.01. The first kappa shape index (κ1) is 14.8. The third-order valence-corrected chi connectivity index (χ3v) is 5.54. The Morgan fingerprint density at radius 1 is 1.13 bits per heavy atom. The summed E-state index contributed by atoms with van der Waals surface area (Å²) >= 11 is 3.49. The van der Waals surface area contributed by atoms with E-state index in [1.54, 1.807) is 7.11 Å². The number of halogens is 1. The molecule has 4 rings (SSSR count). The van der Waals surface area contributed by atoms with E-state index in [1.165, 1.54) is 16.7 Å². The van der Waals surface area contributed by atoms with Crippen LogP contribution in [0.4, 0.5) is 0 Å². The van der Waals surface area contributed by atoms with Crippen molar-refractivity contribution in [1.29, 1.82) is 0 Å². The van der Waals surface area contributed by atoms with Gasteiger partial charge in [-0.15, -0.1) is 0 Å². The van der Waals surface area contributed by atoms with Crippen LogP contribution in [-0.4, -0.2) is 24.5 Å². The summed E-state index contributed by atoms with van der Waals surface area (Å²) in [5.41, 5.74) is 3.80. The number of methoxy groups -OCH3 is 1. The highest BCUT2D eigenvalue weighted by molar-refractivity contribution is 9.10. The predicted molar refractivity (Wildman–Crippen MR) is 92.7 cm³/mol. The minimum Gasteiger partial charge on any atom is -0.497 e. The van der Waals surface area contributed by atoms with Crippen molar-refractivity contribution in [3.8, 4) is 5.75 Å². The first-order chi connectivity index (χ1) is 11.2. The number of carbonyl (C=O) groups excluding carboxylic acids is 1. The van der Waals surface area contributed by atoms with Crippen LogP contribution in [0.5, 0.6) is 5.75 Å². The van der Waals surface area contributed by atoms with Gasteiger partial charge in [-0.3, -0.25) is 4.79 Å². The summed E-state index contributed by atoms with van der Waals surface area (Å²) in [7, 11) is 1.70. The number of ether oxygens (including phenoxy) is 1. The van der Waals surface area contributed by atoms with Crippen LogP contribution in [-0.2, 0) is 4.79 Å². The van der Waals surface area contributed by atoms with Gasteiger partial charge in [0.15, 0.2) is 0 Å². The quantitative estimate of drug-likeness (QED) is 0.788. The van der Waals surface area contributed by atoms with Gasteiger partial charge in [-0.25, -0.2) is 0 Å². The van der Waals surface area contributed by atoms with Crippen LogP contribution >= 0.6 is 15.9 Å². The Labute approximate surface area is 144 Å². The van der Waals surface area contributed by atoms with Crippen molar-refractivity contribution in [3.63, 3.8) is 0 Å². The van der Waals surface area contributed by atoms with E-state index in [9.17, 15) is 4.79 Å². The van der Waals surface area contributed by atoms with Gasteiger partial charge in [0.05, 0.1) is 13.2 Å². The maximum Gasteiger partial charge on any atom is 0.223 e. The Hall–Kier alpha value is -1.81. The molecule has 118 valence electrons. The fourth-order valence-corrected chi connectivity index (χ4v) is 4.11. The van der Waals surface area contributed by atoms with Crippen molar-refractivity contribution in [1.82, 2.24) is 4.90 Å². The Bertz CT molecular complexity index is 756. The van der Waals surface area contributed by atoms with Gasteiger partial charge in [0.1, 0.15) is 5.75 Å². The molecular formula is C19H18BrNO2. The summed E-state index contributed by atoms with van der Waals surface area (Å²) in [5.74, 6) is 1.36. The molecule has 0 radical (unpaired) electrons. The molecule has 0 N–H and O–H groups in total. The van der Waals surface area contributed by atoms with Crippen LogP contribution in [0.25, 0.3) is 0 Å². The van der Waals surface area contributed by atoms with E-state index < -0.39 is 0 Å². The largest absolute Gasteiger partial charge is 0.497 e. The molecule has 2 aliphatic rings. The fraction of sp³-hybridized carbons (Fsp3) is 0.316. The first-order valence-electron chi connectivity index (χ1n) is 7.90. The highest BCUT2D eigenvalue weighted by atomic mass is 79.9. The zero-order chi connectivity index (χ0) is 16.0. The molecule has 4 heteroatoms. The molecule has 1 fully saturated rings. The molecule has 2 aliphatic heterocycles. The molecule has 23 heavy (non-hydrogen) atoms. The van der Waals surface area contributed by atoms with Gasteiger partial charge in [0.2, 0.25) is 5.91 Å². The first-order valence-corrected chi connectivity index (χ1v) is 8.69. The maximum atomic E-state index is 12.3. The van der Waals surface area contributed by atoms with Crippen molar-refractivity contribution < 1.29 is 9.53 Å². The minimum atomic E-state index is 0.200. The molecule has 0 aromatic heterocycles. The summed E-state index contributed by atoms with van der Waals surface area (Å²) in [4.78, 5) is 14.3. The highest BCUT2D eigenvalue weighted by Gasteiger charge is 2.40. The van der Waals surface area contributed by atoms with E-state index in [2.05, 4.69) is 57.2 Å². The molecule has 1 amide bonds. The summed E-state index contributed by atoms with van der Waals surface area (Å²) in [5, 5.41) is 0. The number of amides is 1. The zero-order valence-electron chi connectivity index (χ0n) is 13.0. The van der Waals surface area contributed by atoms with Crippen molar-refractivity contribution in [3.05, 3.63) is 63.6 Å². The minimum absolute atomic E-state index is 0.200. The molecule has 0 spiro atoms. The number of fused-ring (bicyclic) bond motifs is 3. The van der Waals surface area contributed by atoms with Crippen molar-refractivity contribution in [2.45, 2.75) is 24.8 Å². The molecule has 0 aliphatic carbocycles. The predicted octanol–water partition coefficient (Wildman–Crippen LogP) is 4.27. The van der Waals surface area contributed by atoms with Crippen LogP contribution in [0.2, 0.25) is 0 Å². The lowest BCUT2D eigenvalue weighted by Crippen LogP contribution is -2.37. The Morgan fingerprint density at radius 3 is 2.65 bits per heavy atom. The smallest absolute Gasteiger partial charge is 0.223 e. The topological polar surface area (TPSA) is 29.5 Å². The molecular weight excluding hydrogens is 354 g/mol. The number of hydrogen-bond donors (Lipinski definition) is 0. The van der Waals surface area contributed by atoms with Crippen molar-refractivity contribution >= 4 is 21.8 Å². The summed E-state index contributed by atoms with van der Waals surface area (Å²) in [6, 6.07) is 14.9. The van der Waals surface area contributed by atoms with E-state index >= 15 is 0 Å². The standard InChI is InChI=1S/C19H18BrNO2/c1-23-14-6-7-15-16(10-14)17(12-2-4-13(20)5-3-12)11-21-18(15)8-9-19(21)22/h2-7,10,17-18H,8-9,11H2,1H3. The van der Waals surface area contributed by atoms with E-state index in [4.69, 9.17) is 4.74 Å². The van der Waals surface area contributed by atoms with Crippen LogP contribution in [0.3, 0.4) is 0 Å². The molecule has 2 aromatic rings. The normalized spacial score (nSPS) is 22.7. The van der Waals surface area contributed by atoms with Crippen LogP contribution in [0, 0.1) is 0 Å². The van der Waals surface area contributed by atoms with Crippen molar-refractivity contribution in [2.24, 2.45) is 0 Å². The lowest BCUT2D eigenvalue weighted by atomic mass is 9.81. The lowest BCUT2D eigenvalue weighted by molar-refractivity contribution is -0.129.